The van der Waals surface area contributed by atoms with Gasteiger partial charge in [0.2, 0.25) is 0 Å². The summed E-state index contributed by atoms with van der Waals surface area (Å²) in [4.78, 5) is 2.77. The normalized spacial score (nSPS) is 27.9. The lowest BCUT2D eigenvalue weighted by Crippen LogP contribution is -2.54. The van der Waals surface area contributed by atoms with Crippen LogP contribution in [-0.2, 0) is 0 Å². The summed E-state index contributed by atoms with van der Waals surface area (Å²) in [5.74, 6) is 1.77. The maximum atomic E-state index is 3.78. The van der Waals surface area contributed by atoms with Gasteiger partial charge in [-0.3, -0.25) is 4.90 Å². The predicted octanol–water partition coefficient (Wildman–Crippen LogP) is 3.46. The lowest BCUT2D eigenvalue weighted by Gasteiger charge is -2.41. The van der Waals surface area contributed by atoms with Crippen LogP contribution in [0.2, 0.25) is 0 Å². The van der Waals surface area contributed by atoms with Crippen LogP contribution in [-0.4, -0.2) is 30.6 Å². The van der Waals surface area contributed by atoms with Crippen molar-refractivity contribution < 1.29 is 0 Å². The Bertz CT molecular complexity index is 411. The minimum Gasteiger partial charge on any atom is -0.307 e. The summed E-state index contributed by atoms with van der Waals surface area (Å²) in [5, 5.41) is 3.78. The predicted molar refractivity (Wildman–Crippen MR) is 84.7 cm³/mol. The zero-order chi connectivity index (χ0) is 13.9. The Kier molecular flexibility index (Phi) is 4.42. The molecule has 1 aromatic carbocycles. The highest BCUT2D eigenvalue weighted by molar-refractivity contribution is 5.20. The quantitative estimate of drug-likeness (QED) is 0.883. The Hall–Kier alpha value is -0.860. The van der Waals surface area contributed by atoms with Crippen LogP contribution in [0.15, 0.2) is 30.3 Å². The molecule has 2 heteroatoms. The van der Waals surface area contributed by atoms with Gasteiger partial charge in [-0.25, -0.2) is 0 Å². The van der Waals surface area contributed by atoms with Crippen LogP contribution in [0.1, 0.15) is 44.7 Å². The van der Waals surface area contributed by atoms with Crippen LogP contribution in [0, 0.1) is 11.8 Å². The molecule has 2 aliphatic rings. The first-order valence-corrected chi connectivity index (χ1v) is 8.26. The first kappa shape index (κ1) is 14.1. The third-order valence-electron chi connectivity index (χ3n) is 4.82. The van der Waals surface area contributed by atoms with Crippen molar-refractivity contribution in [3.8, 4) is 0 Å². The van der Waals surface area contributed by atoms with Gasteiger partial charge >= 0.3 is 0 Å². The minimum absolute atomic E-state index is 0.512. The van der Waals surface area contributed by atoms with Crippen molar-refractivity contribution >= 4 is 0 Å². The molecule has 2 nitrogen and oxygen atoms in total. The molecule has 1 aliphatic heterocycles. The van der Waals surface area contributed by atoms with Crippen LogP contribution in [0.5, 0.6) is 0 Å². The second-order valence-electron chi connectivity index (χ2n) is 6.95. The van der Waals surface area contributed by atoms with E-state index in [1.54, 1.807) is 0 Å². The van der Waals surface area contributed by atoms with Gasteiger partial charge in [-0.05, 0) is 43.2 Å². The number of hydrogen-bond acceptors (Lipinski definition) is 2. The van der Waals surface area contributed by atoms with Gasteiger partial charge in [0.15, 0.2) is 0 Å². The fourth-order valence-electron chi connectivity index (χ4n) is 3.36. The Morgan fingerprint density at radius 3 is 2.60 bits per heavy atom. The van der Waals surface area contributed by atoms with Crippen molar-refractivity contribution in [2.24, 2.45) is 11.8 Å². The molecule has 1 N–H and O–H groups in total. The summed E-state index contributed by atoms with van der Waals surface area (Å²) in [5.41, 5.74) is 1.44. The van der Waals surface area contributed by atoms with Crippen LogP contribution in [0.3, 0.4) is 0 Å². The summed E-state index contributed by atoms with van der Waals surface area (Å²) in [7, 11) is 0. The first-order chi connectivity index (χ1) is 9.74. The van der Waals surface area contributed by atoms with Gasteiger partial charge in [0.1, 0.15) is 0 Å². The Balaban J connectivity index is 1.66. The molecule has 2 atom stereocenters. The molecule has 1 heterocycles. The zero-order valence-corrected chi connectivity index (χ0v) is 12.9. The summed E-state index contributed by atoms with van der Waals surface area (Å²) >= 11 is 0. The molecule has 1 saturated heterocycles. The molecule has 1 aliphatic carbocycles. The van der Waals surface area contributed by atoms with Gasteiger partial charge < -0.3 is 5.32 Å². The summed E-state index contributed by atoms with van der Waals surface area (Å²) < 4.78 is 0. The second kappa shape index (κ2) is 6.28. The van der Waals surface area contributed by atoms with E-state index in [4.69, 9.17) is 0 Å². The highest BCUT2D eigenvalue weighted by Gasteiger charge is 2.38. The molecular weight excluding hydrogens is 244 g/mol. The minimum atomic E-state index is 0.512. The van der Waals surface area contributed by atoms with Gasteiger partial charge in [-0.2, -0.15) is 0 Å². The first-order valence-electron chi connectivity index (χ1n) is 8.26. The van der Waals surface area contributed by atoms with Gasteiger partial charge in [-0.15, -0.1) is 0 Å². The van der Waals surface area contributed by atoms with E-state index in [9.17, 15) is 0 Å². The molecule has 1 aromatic rings. The molecule has 110 valence electrons. The molecule has 3 rings (SSSR count). The third-order valence-corrected chi connectivity index (χ3v) is 4.82. The molecule has 2 fully saturated rings. The summed E-state index contributed by atoms with van der Waals surface area (Å²) in [6, 6.07) is 12.2. The van der Waals surface area contributed by atoms with Gasteiger partial charge in [0.05, 0.1) is 0 Å². The number of hydrogen-bond donors (Lipinski definition) is 1. The van der Waals surface area contributed by atoms with E-state index in [-0.39, 0.29) is 0 Å². The fraction of sp³-hybridized carbons (Fsp3) is 0.667. The SMILES string of the molecule is CC(C)CCN1CC(c2ccccc2)NCC1C1CC1. The van der Waals surface area contributed by atoms with E-state index in [1.165, 1.54) is 44.5 Å². The van der Waals surface area contributed by atoms with Gasteiger partial charge in [0.25, 0.3) is 0 Å². The highest BCUT2D eigenvalue weighted by atomic mass is 15.2. The van der Waals surface area contributed by atoms with Crippen molar-refractivity contribution in [1.82, 2.24) is 10.2 Å². The molecule has 0 bridgehead atoms. The van der Waals surface area contributed by atoms with E-state index in [0.29, 0.717) is 6.04 Å². The van der Waals surface area contributed by atoms with Crippen molar-refractivity contribution in [3.63, 3.8) is 0 Å². The number of benzene rings is 1. The summed E-state index contributed by atoms with van der Waals surface area (Å²) in [6.45, 7) is 8.29. The van der Waals surface area contributed by atoms with Crippen molar-refractivity contribution in [2.45, 2.75) is 45.2 Å². The van der Waals surface area contributed by atoms with Crippen molar-refractivity contribution in [1.29, 1.82) is 0 Å². The molecule has 1 saturated carbocycles. The molecule has 0 amide bonds. The topological polar surface area (TPSA) is 15.3 Å². The van der Waals surface area contributed by atoms with E-state index in [1.807, 2.05) is 0 Å². The average molecular weight is 272 g/mol. The number of nitrogens with one attached hydrogen (secondary N) is 1. The standard InChI is InChI=1S/C18H28N2/c1-14(2)10-11-20-13-17(15-6-4-3-5-7-15)19-12-18(20)16-8-9-16/h3-7,14,16-19H,8-13H2,1-2H3. The molecular formula is C18H28N2. The molecule has 2 unspecified atom stereocenters. The largest absolute Gasteiger partial charge is 0.307 e. The number of nitrogens with zero attached hydrogens (tertiary/aromatic N) is 1. The van der Waals surface area contributed by atoms with Crippen LogP contribution < -0.4 is 5.32 Å². The van der Waals surface area contributed by atoms with Gasteiger partial charge in [-0.1, -0.05) is 44.2 Å². The van der Waals surface area contributed by atoms with Crippen molar-refractivity contribution in [3.05, 3.63) is 35.9 Å². The number of rotatable bonds is 5. The number of piperazine rings is 1. The highest BCUT2D eigenvalue weighted by Crippen LogP contribution is 2.37. The molecule has 0 radical (unpaired) electrons. The average Bonchev–Trinajstić information content (AvgIpc) is 3.30. The smallest absolute Gasteiger partial charge is 0.0449 e. The van der Waals surface area contributed by atoms with Crippen LogP contribution >= 0.6 is 0 Å². The maximum Gasteiger partial charge on any atom is 0.0449 e. The Labute approximate surface area is 123 Å². The Morgan fingerprint density at radius 1 is 1.20 bits per heavy atom. The van der Waals surface area contributed by atoms with E-state index in [2.05, 4.69) is 54.4 Å². The van der Waals surface area contributed by atoms with Gasteiger partial charge in [0, 0.05) is 25.2 Å². The second-order valence-corrected chi connectivity index (χ2v) is 6.95. The lowest BCUT2D eigenvalue weighted by atomic mass is 9.98. The lowest BCUT2D eigenvalue weighted by molar-refractivity contribution is 0.109. The van der Waals surface area contributed by atoms with E-state index >= 15 is 0 Å². The van der Waals surface area contributed by atoms with Crippen LogP contribution in [0.25, 0.3) is 0 Å². The molecule has 0 aromatic heterocycles. The fourth-order valence-corrected chi connectivity index (χ4v) is 3.36. The van der Waals surface area contributed by atoms with Crippen molar-refractivity contribution in [2.75, 3.05) is 19.6 Å². The zero-order valence-electron chi connectivity index (χ0n) is 12.9. The molecule has 20 heavy (non-hydrogen) atoms. The van der Waals surface area contributed by atoms with Crippen LogP contribution in [0.4, 0.5) is 0 Å². The van der Waals surface area contributed by atoms with E-state index in [0.717, 1.165) is 17.9 Å². The third kappa shape index (κ3) is 3.42. The maximum absolute atomic E-state index is 3.78. The molecule has 0 spiro atoms. The van der Waals surface area contributed by atoms with E-state index < -0.39 is 0 Å². The monoisotopic (exact) mass is 272 g/mol. The Morgan fingerprint density at radius 2 is 1.95 bits per heavy atom. The summed E-state index contributed by atoms with van der Waals surface area (Å²) in [6.07, 6.45) is 4.21.